The van der Waals surface area contributed by atoms with Gasteiger partial charge in [-0.15, -0.1) is 0 Å². The molecule has 4 heteroatoms. The van der Waals surface area contributed by atoms with E-state index in [2.05, 4.69) is 0 Å². The van der Waals surface area contributed by atoms with Crippen LogP contribution in [-0.4, -0.2) is 28.9 Å². The minimum atomic E-state index is -0.720. The molecule has 0 saturated carbocycles. The second-order valence-electron chi connectivity index (χ2n) is 5.40. The van der Waals surface area contributed by atoms with E-state index in [4.69, 9.17) is 0 Å². The van der Waals surface area contributed by atoms with E-state index in [-0.39, 0.29) is 5.82 Å². The summed E-state index contributed by atoms with van der Waals surface area (Å²) in [6.45, 7) is 4.77. The topological polar surface area (TPSA) is 43.7 Å². The summed E-state index contributed by atoms with van der Waals surface area (Å²) < 4.78 is 13.2. The number of piperidine rings is 1. The second kappa shape index (κ2) is 4.86. The SMILES string of the molecule is CC(O)c1cc(F)ccc1N1CCCC(C)(O)C1. The fourth-order valence-corrected chi connectivity index (χ4v) is 2.57. The van der Waals surface area contributed by atoms with Crippen molar-refractivity contribution in [1.29, 1.82) is 0 Å². The Hall–Kier alpha value is -1.13. The number of benzene rings is 1. The first kappa shape index (κ1) is 13.3. The van der Waals surface area contributed by atoms with Crippen LogP contribution in [0.3, 0.4) is 0 Å². The van der Waals surface area contributed by atoms with Crippen LogP contribution >= 0.6 is 0 Å². The van der Waals surface area contributed by atoms with Gasteiger partial charge in [-0.05, 0) is 44.9 Å². The summed E-state index contributed by atoms with van der Waals surface area (Å²) in [5.74, 6) is -0.349. The molecule has 1 aliphatic rings. The number of β-amino-alcohol motifs (C(OH)–C–C–N with tert-alkyl or cyclic N) is 1. The molecule has 3 nitrogen and oxygen atoms in total. The number of hydrogen-bond acceptors (Lipinski definition) is 3. The third-order valence-corrected chi connectivity index (χ3v) is 3.46. The summed E-state index contributed by atoms with van der Waals surface area (Å²) >= 11 is 0. The Kier molecular flexibility index (Phi) is 3.59. The number of aliphatic hydroxyl groups is 2. The first-order chi connectivity index (χ1) is 8.39. The molecule has 0 aromatic heterocycles. The van der Waals surface area contributed by atoms with Crippen LogP contribution in [0.5, 0.6) is 0 Å². The zero-order chi connectivity index (χ0) is 13.3. The predicted octanol–water partition coefficient (Wildman–Crippen LogP) is 2.23. The fraction of sp³-hybridized carbons (Fsp3) is 0.571. The first-order valence-electron chi connectivity index (χ1n) is 6.34. The van der Waals surface area contributed by atoms with Gasteiger partial charge in [0.25, 0.3) is 0 Å². The van der Waals surface area contributed by atoms with Crippen molar-refractivity contribution in [2.75, 3.05) is 18.0 Å². The highest BCUT2D eigenvalue weighted by atomic mass is 19.1. The fourth-order valence-electron chi connectivity index (χ4n) is 2.57. The molecular weight excluding hydrogens is 233 g/mol. The molecule has 100 valence electrons. The van der Waals surface area contributed by atoms with Gasteiger partial charge in [0.05, 0.1) is 11.7 Å². The van der Waals surface area contributed by atoms with E-state index in [9.17, 15) is 14.6 Å². The van der Waals surface area contributed by atoms with Crippen LogP contribution in [0.1, 0.15) is 38.4 Å². The molecule has 1 aliphatic heterocycles. The molecule has 2 atom stereocenters. The molecule has 0 amide bonds. The predicted molar refractivity (Wildman–Crippen MR) is 69.1 cm³/mol. The van der Waals surface area contributed by atoms with E-state index in [0.29, 0.717) is 12.1 Å². The average Bonchev–Trinajstić information content (AvgIpc) is 2.27. The molecule has 18 heavy (non-hydrogen) atoms. The van der Waals surface area contributed by atoms with Crippen LogP contribution in [0.2, 0.25) is 0 Å². The highest BCUT2D eigenvalue weighted by Crippen LogP contribution is 2.31. The molecule has 0 bridgehead atoms. The summed E-state index contributed by atoms with van der Waals surface area (Å²) in [4.78, 5) is 2.02. The number of halogens is 1. The molecule has 0 radical (unpaired) electrons. The molecule has 2 rings (SSSR count). The zero-order valence-electron chi connectivity index (χ0n) is 10.9. The van der Waals surface area contributed by atoms with Gasteiger partial charge in [0, 0.05) is 24.3 Å². The van der Waals surface area contributed by atoms with Crippen molar-refractivity contribution < 1.29 is 14.6 Å². The standard InChI is InChI=1S/C14H20FNO2/c1-10(17)12-8-11(15)4-5-13(12)16-7-3-6-14(2,18)9-16/h4-5,8,10,17-18H,3,6-7,9H2,1-2H3. The lowest BCUT2D eigenvalue weighted by molar-refractivity contribution is 0.0447. The Balaban J connectivity index is 2.32. The number of aliphatic hydroxyl groups excluding tert-OH is 1. The van der Waals surface area contributed by atoms with E-state index >= 15 is 0 Å². The van der Waals surface area contributed by atoms with Crippen LogP contribution in [0.15, 0.2) is 18.2 Å². The molecule has 1 saturated heterocycles. The smallest absolute Gasteiger partial charge is 0.123 e. The first-order valence-corrected chi connectivity index (χ1v) is 6.34. The van der Waals surface area contributed by atoms with Gasteiger partial charge in [0.2, 0.25) is 0 Å². The van der Waals surface area contributed by atoms with Crippen molar-refractivity contribution in [3.63, 3.8) is 0 Å². The minimum Gasteiger partial charge on any atom is -0.389 e. The van der Waals surface area contributed by atoms with E-state index in [0.717, 1.165) is 25.1 Å². The third-order valence-electron chi connectivity index (χ3n) is 3.46. The van der Waals surface area contributed by atoms with E-state index in [1.807, 2.05) is 11.8 Å². The molecular formula is C14H20FNO2. The quantitative estimate of drug-likeness (QED) is 0.849. The summed E-state index contributed by atoms with van der Waals surface area (Å²) in [5, 5.41) is 19.8. The highest BCUT2D eigenvalue weighted by Gasteiger charge is 2.29. The lowest BCUT2D eigenvalue weighted by Gasteiger charge is -2.39. The van der Waals surface area contributed by atoms with Gasteiger partial charge in [-0.3, -0.25) is 0 Å². The van der Waals surface area contributed by atoms with E-state index in [1.165, 1.54) is 12.1 Å². The summed E-state index contributed by atoms with van der Waals surface area (Å²) in [7, 11) is 0. The van der Waals surface area contributed by atoms with Gasteiger partial charge in [-0.25, -0.2) is 4.39 Å². The van der Waals surface area contributed by atoms with Gasteiger partial charge in [-0.2, -0.15) is 0 Å². The molecule has 0 spiro atoms. The maximum Gasteiger partial charge on any atom is 0.123 e. The van der Waals surface area contributed by atoms with Crippen LogP contribution in [0.25, 0.3) is 0 Å². The number of anilines is 1. The number of rotatable bonds is 2. The summed E-state index contributed by atoms with van der Waals surface area (Å²) in [6, 6.07) is 4.44. The monoisotopic (exact) mass is 253 g/mol. The van der Waals surface area contributed by atoms with Crippen LogP contribution < -0.4 is 4.90 Å². The molecule has 1 fully saturated rings. The van der Waals surface area contributed by atoms with E-state index in [1.54, 1.807) is 13.0 Å². The number of nitrogens with zero attached hydrogens (tertiary/aromatic N) is 1. The van der Waals surface area contributed by atoms with Crippen molar-refractivity contribution in [3.05, 3.63) is 29.6 Å². The van der Waals surface area contributed by atoms with Crippen molar-refractivity contribution in [2.45, 2.75) is 38.4 Å². The highest BCUT2D eigenvalue weighted by molar-refractivity contribution is 5.55. The van der Waals surface area contributed by atoms with Crippen molar-refractivity contribution in [1.82, 2.24) is 0 Å². The Bertz CT molecular complexity index is 432. The Morgan fingerprint density at radius 3 is 2.78 bits per heavy atom. The maximum absolute atomic E-state index is 13.2. The molecule has 1 aromatic carbocycles. The molecule has 1 aromatic rings. The molecule has 2 N–H and O–H groups in total. The van der Waals surface area contributed by atoms with Crippen molar-refractivity contribution >= 4 is 5.69 Å². The Morgan fingerprint density at radius 2 is 2.17 bits per heavy atom. The summed E-state index contributed by atoms with van der Waals surface area (Å²) in [5.41, 5.74) is 0.668. The van der Waals surface area contributed by atoms with Crippen molar-refractivity contribution in [2.24, 2.45) is 0 Å². The second-order valence-corrected chi connectivity index (χ2v) is 5.40. The summed E-state index contributed by atoms with van der Waals surface area (Å²) in [6.07, 6.45) is 0.945. The van der Waals surface area contributed by atoms with Gasteiger partial charge in [0.15, 0.2) is 0 Å². The van der Waals surface area contributed by atoms with Crippen LogP contribution in [-0.2, 0) is 0 Å². The molecule has 0 aliphatic carbocycles. The van der Waals surface area contributed by atoms with Crippen LogP contribution in [0, 0.1) is 5.82 Å². The van der Waals surface area contributed by atoms with Gasteiger partial charge in [0.1, 0.15) is 5.82 Å². The van der Waals surface area contributed by atoms with E-state index < -0.39 is 11.7 Å². The Labute approximate surface area is 107 Å². The normalized spacial score (nSPS) is 26.2. The lowest BCUT2D eigenvalue weighted by atomic mass is 9.94. The average molecular weight is 253 g/mol. The van der Waals surface area contributed by atoms with Gasteiger partial charge >= 0.3 is 0 Å². The molecule has 2 unspecified atom stereocenters. The van der Waals surface area contributed by atoms with Crippen molar-refractivity contribution in [3.8, 4) is 0 Å². The largest absolute Gasteiger partial charge is 0.389 e. The van der Waals surface area contributed by atoms with Crippen LogP contribution in [0.4, 0.5) is 10.1 Å². The minimum absolute atomic E-state index is 0.349. The maximum atomic E-state index is 13.2. The third kappa shape index (κ3) is 2.82. The molecule has 1 heterocycles. The zero-order valence-corrected chi connectivity index (χ0v) is 10.9. The Morgan fingerprint density at radius 1 is 1.44 bits per heavy atom. The number of hydrogen-bond donors (Lipinski definition) is 2. The van der Waals surface area contributed by atoms with Gasteiger partial charge in [-0.1, -0.05) is 0 Å². The lowest BCUT2D eigenvalue weighted by Crippen LogP contribution is -2.46. The van der Waals surface area contributed by atoms with Gasteiger partial charge < -0.3 is 15.1 Å².